The van der Waals surface area contributed by atoms with E-state index in [0.29, 0.717) is 0 Å². The van der Waals surface area contributed by atoms with Crippen molar-refractivity contribution in [2.45, 2.75) is 19.2 Å². The van der Waals surface area contributed by atoms with Gasteiger partial charge >= 0.3 is 5.97 Å². The van der Waals surface area contributed by atoms with Crippen molar-refractivity contribution in [1.29, 1.82) is 0 Å². The molecule has 3 heteroatoms. The summed E-state index contributed by atoms with van der Waals surface area (Å²) in [6, 6.07) is 0. The first-order valence-corrected chi connectivity index (χ1v) is 3.36. The molecule has 0 fully saturated rings. The van der Waals surface area contributed by atoms with Crippen LogP contribution in [0.1, 0.15) is 13.8 Å². The minimum Gasteiger partial charge on any atom is -0.481 e. The first kappa shape index (κ1) is 9.50. The molecule has 0 aliphatic carbocycles. The summed E-state index contributed by atoms with van der Waals surface area (Å²) in [4.78, 5) is 10.5. The lowest BCUT2D eigenvalue weighted by atomic mass is 9.89. The second kappa shape index (κ2) is 3.06. The van der Waals surface area contributed by atoms with Gasteiger partial charge in [0.05, 0.1) is 10.8 Å². The van der Waals surface area contributed by atoms with Crippen LogP contribution in [0.15, 0.2) is 12.7 Å². The van der Waals surface area contributed by atoms with Gasteiger partial charge in [-0.05, 0) is 13.8 Å². The van der Waals surface area contributed by atoms with E-state index in [1.54, 1.807) is 13.8 Å². The molecule has 0 aromatic heterocycles. The zero-order valence-corrected chi connectivity index (χ0v) is 6.85. The SMILES string of the molecule is C=CC(Cl)C(C)(C)C(=O)O. The van der Waals surface area contributed by atoms with Gasteiger partial charge in [-0.3, -0.25) is 4.79 Å². The smallest absolute Gasteiger partial charge is 0.310 e. The minimum atomic E-state index is -0.927. The van der Waals surface area contributed by atoms with Crippen LogP contribution in [0, 0.1) is 5.41 Å². The first-order valence-electron chi connectivity index (χ1n) is 2.93. The number of alkyl halides is 1. The number of hydrogen-bond acceptors (Lipinski definition) is 1. The van der Waals surface area contributed by atoms with E-state index in [1.807, 2.05) is 0 Å². The van der Waals surface area contributed by atoms with Crippen molar-refractivity contribution in [3.8, 4) is 0 Å². The van der Waals surface area contributed by atoms with Gasteiger partial charge in [-0.2, -0.15) is 0 Å². The maximum Gasteiger partial charge on any atom is 0.310 e. The van der Waals surface area contributed by atoms with Crippen molar-refractivity contribution >= 4 is 17.6 Å². The molecule has 2 nitrogen and oxygen atoms in total. The molecule has 58 valence electrons. The molecule has 10 heavy (non-hydrogen) atoms. The van der Waals surface area contributed by atoms with Crippen LogP contribution in [0.5, 0.6) is 0 Å². The molecule has 0 bridgehead atoms. The number of carbonyl (C=O) groups is 1. The van der Waals surface area contributed by atoms with Crippen LogP contribution in [-0.4, -0.2) is 16.5 Å². The molecule has 0 radical (unpaired) electrons. The minimum absolute atomic E-state index is 0.523. The Kier molecular flexibility index (Phi) is 2.91. The van der Waals surface area contributed by atoms with Crippen LogP contribution in [0.4, 0.5) is 0 Å². The summed E-state index contributed by atoms with van der Waals surface area (Å²) < 4.78 is 0. The predicted molar refractivity (Wildman–Crippen MR) is 41.3 cm³/mol. The lowest BCUT2D eigenvalue weighted by Gasteiger charge is -2.21. The summed E-state index contributed by atoms with van der Waals surface area (Å²) in [6.45, 7) is 6.54. The lowest BCUT2D eigenvalue weighted by Crippen LogP contribution is -2.32. The third kappa shape index (κ3) is 1.74. The molecule has 0 aliphatic rings. The third-order valence-electron chi connectivity index (χ3n) is 1.45. The summed E-state index contributed by atoms with van der Waals surface area (Å²) in [6.07, 6.45) is 1.43. The number of halogens is 1. The highest BCUT2D eigenvalue weighted by atomic mass is 35.5. The van der Waals surface area contributed by atoms with Gasteiger partial charge in [-0.25, -0.2) is 0 Å². The van der Waals surface area contributed by atoms with Crippen molar-refractivity contribution in [3.05, 3.63) is 12.7 Å². The molecule has 0 saturated carbocycles. The molecule has 0 aromatic carbocycles. The van der Waals surface area contributed by atoms with E-state index in [0.717, 1.165) is 0 Å². The molecule has 1 unspecified atom stereocenters. The number of rotatable bonds is 3. The number of carboxylic acid groups (broad SMARTS) is 1. The Bertz CT molecular complexity index is 152. The van der Waals surface area contributed by atoms with Gasteiger partial charge in [0.25, 0.3) is 0 Å². The Morgan fingerprint density at radius 1 is 1.80 bits per heavy atom. The van der Waals surface area contributed by atoms with Crippen LogP contribution in [-0.2, 0) is 4.79 Å². The molecule has 0 heterocycles. The molecule has 0 aromatic rings. The normalized spacial score (nSPS) is 14.3. The first-order chi connectivity index (χ1) is 4.42. The fourth-order valence-electron chi connectivity index (χ4n) is 0.413. The van der Waals surface area contributed by atoms with Crippen LogP contribution in [0.3, 0.4) is 0 Å². The van der Waals surface area contributed by atoms with E-state index in [9.17, 15) is 4.79 Å². The second-order valence-electron chi connectivity index (χ2n) is 2.66. The van der Waals surface area contributed by atoms with Crippen LogP contribution >= 0.6 is 11.6 Å². The van der Waals surface area contributed by atoms with E-state index in [2.05, 4.69) is 6.58 Å². The quantitative estimate of drug-likeness (QED) is 0.508. The zero-order valence-electron chi connectivity index (χ0n) is 6.10. The molecule has 1 atom stereocenters. The molecular formula is C7H11ClO2. The van der Waals surface area contributed by atoms with E-state index in [-0.39, 0.29) is 0 Å². The monoisotopic (exact) mass is 162 g/mol. The maximum atomic E-state index is 10.5. The van der Waals surface area contributed by atoms with Crippen LogP contribution < -0.4 is 0 Å². The number of allylic oxidation sites excluding steroid dienone is 1. The number of aliphatic carboxylic acids is 1. The zero-order chi connectivity index (χ0) is 8.36. The molecule has 0 rings (SSSR count). The highest BCUT2D eigenvalue weighted by Gasteiger charge is 2.33. The molecule has 0 aliphatic heterocycles. The van der Waals surface area contributed by atoms with E-state index >= 15 is 0 Å². The molecule has 0 spiro atoms. The van der Waals surface area contributed by atoms with Crippen molar-refractivity contribution in [3.63, 3.8) is 0 Å². The van der Waals surface area contributed by atoms with Crippen molar-refractivity contribution in [2.24, 2.45) is 5.41 Å². The van der Waals surface area contributed by atoms with Crippen molar-refractivity contribution in [2.75, 3.05) is 0 Å². The maximum absolute atomic E-state index is 10.5. The van der Waals surface area contributed by atoms with E-state index < -0.39 is 16.8 Å². The summed E-state index contributed by atoms with van der Waals surface area (Å²) in [5.74, 6) is -0.910. The van der Waals surface area contributed by atoms with Gasteiger partial charge in [-0.1, -0.05) is 6.08 Å². The van der Waals surface area contributed by atoms with Crippen LogP contribution in [0.2, 0.25) is 0 Å². The van der Waals surface area contributed by atoms with Gasteiger partial charge in [0.2, 0.25) is 0 Å². The summed E-state index contributed by atoms with van der Waals surface area (Å²) in [5.41, 5.74) is -0.927. The molecule has 1 N–H and O–H groups in total. The van der Waals surface area contributed by atoms with E-state index in [4.69, 9.17) is 16.7 Å². The Morgan fingerprint density at radius 3 is 2.30 bits per heavy atom. The van der Waals surface area contributed by atoms with Crippen molar-refractivity contribution < 1.29 is 9.90 Å². The Balaban J connectivity index is 4.38. The Morgan fingerprint density at radius 2 is 2.20 bits per heavy atom. The van der Waals surface area contributed by atoms with E-state index in [1.165, 1.54) is 6.08 Å². The van der Waals surface area contributed by atoms with Crippen LogP contribution in [0.25, 0.3) is 0 Å². The van der Waals surface area contributed by atoms with Gasteiger partial charge in [-0.15, -0.1) is 18.2 Å². The third-order valence-corrected chi connectivity index (χ3v) is 2.17. The fourth-order valence-corrected chi connectivity index (χ4v) is 0.506. The van der Waals surface area contributed by atoms with Gasteiger partial charge in [0.15, 0.2) is 0 Å². The lowest BCUT2D eigenvalue weighted by molar-refractivity contribution is -0.146. The standard InChI is InChI=1S/C7H11ClO2/c1-4-5(8)7(2,3)6(9)10/h4-5H,1H2,2-3H3,(H,9,10). The average molecular weight is 163 g/mol. The molecule has 0 amide bonds. The summed E-state index contributed by atoms with van der Waals surface area (Å²) in [5, 5.41) is 8.09. The second-order valence-corrected chi connectivity index (χ2v) is 3.13. The van der Waals surface area contributed by atoms with Gasteiger partial charge < -0.3 is 5.11 Å². The topological polar surface area (TPSA) is 37.3 Å². The molecule has 0 saturated heterocycles. The number of carboxylic acids is 1. The highest BCUT2D eigenvalue weighted by Crippen LogP contribution is 2.26. The fraction of sp³-hybridized carbons (Fsp3) is 0.571. The number of hydrogen-bond donors (Lipinski definition) is 1. The molecular weight excluding hydrogens is 152 g/mol. The Hall–Kier alpha value is -0.500. The average Bonchev–Trinajstić information content (AvgIpc) is 1.86. The van der Waals surface area contributed by atoms with Crippen molar-refractivity contribution in [1.82, 2.24) is 0 Å². The highest BCUT2D eigenvalue weighted by molar-refractivity contribution is 6.23. The predicted octanol–water partition coefficient (Wildman–Crippen LogP) is 1.89. The summed E-state index contributed by atoms with van der Waals surface area (Å²) >= 11 is 5.65. The summed E-state index contributed by atoms with van der Waals surface area (Å²) in [7, 11) is 0. The van der Waals surface area contributed by atoms with Gasteiger partial charge in [0.1, 0.15) is 0 Å². The Labute approximate surface area is 65.5 Å². The van der Waals surface area contributed by atoms with Gasteiger partial charge in [0, 0.05) is 0 Å². The largest absolute Gasteiger partial charge is 0.481 e.